The summed E-state index contributed by atoms with van der Waals surface area (Å²) in [7, 11) is 1.32. The van der Waals surface area contributed by atoms with Gasteiger partial charge in [0, 0.05) is 41.3 Å². The van der Waals surface area contributed by atoms with Gasteiger partial charge in [-0.25, -0.2) is 0 Å². The average molecular weight is 661 g/mol. The Kier molecular flexibility index (Phi) is 10.1. The first-order valence-corrected chi connectivity index (χ1v) is 16.6. The van der Waals surface area contributed by atoms with Crippen LogP contribution in [0.5, 0.6) is 0 Å². The monoisotopic (exact) mass is 660 g/mol. The van der Waals surface area contributed by atoms with E-state index in [0.717, 1.165) is 38.9 Å². The number of furan rings is 1. The van der Waals surface area contributed by atoms with Crippen LogP contribution in [0.25, 0.3) is 5.70 Å². The largest absolute Gasteiger partial charge is 0.472 e. The van der Waals surface area contributed by atoms with Crippen molar-refractivity contribution >= 4 is 29.5 Å². The van der Waals surface area contributed by atoms with Gasteiger partial charge in [-0.3, -0.25) is 24.7 Å². The van der Waals surface area contributed by atoms with Gasteiger partial charge in [-0.2, -0.15) is 0 Å². The molecule has 2 atom stereocenters. The number of ether oxygens (including phenoxy) is 1. The summed E-state index contributed by atoms with van der Waals surface area (Å²) in [4.78, 5) is 46.1. The molecule has 0 bridgehead atoms. The van der Waals surface area contributed by atoms with E-state index in [4.69, 9.17) is 14.1 Å². The fraction of sp³-hybridized carbons (Fsp3) is 0.308. The number of nitro groups is 1. The van der Waals surface area contributed by atoms with E-state index in [9.17, 15) is 19.7 Å². The summed E-state index contributed by atoms with van der Waals surface area (Å²) >= 11 is 0. The Morgan fingerprint density at radius 3 is 2.18 bits per heavy atom. The number of nitro benzene ring substituents is 1. The molecule has 0 spiro atoms. The van der Waals surface area contributed by atoms with Crippen LogP contribution in [0.4, 0.5) is 5.69 Å². The summed E-state index contributed by atoms with van der Waals surface area (Å²) in [5.74, 6) is -2.04. The molecule has 3 aromatic carbocycles. The van der Waals surface area contributed by atoms with Crippen LogP contribution in [0.3, 0.4) is 0 Å². The molecule has 10 heteroatoms. The highest BCUT2D eigenvalue weighted by atomic mass is 16.6. The lowest BCUT2D eigenvalue weighted by atomic mass is 9.68. The predicted octanol–water partition coefficient (Wildman–Crippen LogP) is 6.83. The SMILES string of the molecule is COC(=O)C1C(C)=NC(c2ccoc2)=C(N(C=O)CCCN2CCC(c3ccccc3)(c3ccccc3)CC2)C1c1ccc([N+](=O)[O-])cc1. The quantitative estimate of drug-likeness (QED) is 0.0707. The molecule has 10 nitrogen and oxygen atoms in total. The lowest BCUT2D eigenvalue weighted by molar-refractivity contribution is -0.384. The molecule has 2 unspecified atom stereocenters. The maximum Gasteiger partial charge on any atom is 0.315 e. The number of carbonyl (C=O) groups is 2. The molecule has 1 amide bonds. The van der Waals surface area contributed by atoms with Crippen LogP contribution in [0.2, 0.25) is 0 Å². The van der Waals surface area contributed by atoms with Crippen LogP contribution in [-0.4, -0.2) is 66.1 Å². The Morgan fingerprint density at radius 1 is 1.02 bits per heavy atom. The molecule has 4 aromatic rings. The second-order valence-corrected chi connectivity index (χ2v) is 12.6. The van der Waals surface area contributed by atoms with E-state index >= 15 is 0 Å². The molecule has 0 saturated carbocycles. The molecular formula is C39H40N4O6. The van der Waals surface area contributed by atoms with Crippen LogP contribution in [-0.2, 0) is 19.7 Å². The zero-order valence-electron chi connectivity index (χ0n) is 27.7. The van der Waals surface area contributed by atoms with Gasteiger partial charge in [-0.05, 0) is 68.6 Å². The number of hydrogen-bond acceptors (Lipinski definition) is 8. The molecule has 1 saturated heterocycles. The van der Waals surface area contributed by atoms with E-state index in [0.29, 0.717) is 41.2 Å². The van der Waals surface area contributed by atoms with E-state index in [2.05, 4.69) is 65.6 Å². The number of amides is 1. The maximum absolute atomic E-state index is 13.3. The number of hydrogen-bond donors (Lipinski definition) is 0. The molecule has 252 valence electrons. The Balaban J connectivity index is 1.26. The summed E-state index contributed by atoms with van der Waals surface area (Å²) in [6, 6.07) is 29.3. The first-order valence-electron chi connectivity index (χ1n) is 16.6. The number of nitrogens with zero attached hydrogens (tertiary/aromatic N) is 4. The minimum Gasteiger partial charge on any atom is -0.472 e. The number of piperidine rings is 1. The van der Waals surface area contributed by atoms with Crippen molar-refractivity contribution in [2.45, 2.75) is 37.5 Å². The summed E-state index contributed by atoms with van der Waals surface area (Å²) in [5.41, 5.74) is 5.36. The molecule has 49 heavy (non-hydrogen) atoms. The van der Waals surface area contributed by atoms with Gasteiger partial charge in [0.25, 0.3) is 5.69 Å². The van der Waals surface area contributed by atoms with E-state index < -0.39 is 22.7 Å². The third-order valence-corrected chi connectivity index (χ3v) is 9.99. The van der Waals surface area contributed by atoms with Crippen LogP contribution in [0.1, 0.15) is 54.4 Å². The van der Waals surface area contributed by atoms with Crippen molar-refractivity contribution < 1.29 is 23.7 Å². The lowest BCUT2D eigenvalue weighted by Gasteiger charge is -2.43. The Morgan fingerprint density at radius 2 is 1.65 bits per heavy atom. The molecule has 0 N–H and O–H groups in total. The zero-order chi connectivity index (χ0) is 34.4. The number of carbonyl (C=O) groups excluding carboxylic acids is 2. The number of rotatable bonds is 12. The van der Waals surface area contributed by atoms with Crippen LogP contribution >= 0.6 is 0 Å². The van der Waals surface area contributed by atoms with Crippen molar-refractivity contribution in [2.24, 2.45) is 10.9 Å². The Hall–Kier alpha value is -5.35. The molecule has 2 aliphatic rings. The highest BCUT2D eigenvalue weighted by Gasteiger charge is 2.43. The third-order valence-electron chi connectivity index (χ3n) is 9.99. The fourth-order valence-electron chi connectivity index (χ4n) is 7.47. The molecule has 6 rings (SSSR count). The van der Waals surface area contributed by atoms with Crippen LogP contribution < -0.4 is 0 Å². The molecule has 0 aliphatic carbocycles. The lowest BCUT2D eigenvalue weighted by Crippen LogP contribution is -2.44. The highest BCUT2D eigenvalue weighted by Crippen LogP contribution is 2.45. The number of likely N-dealkylation sites (tertiary alicyclic amines) is 1. The van der Waals surface area contributed by atoms with E-state index in [1.807, 2.05) is 0 Å². The fourth-order valence-corrected chi connectivity index (χ4v) is 7.47. The number of benzene rings is 3. The number of aliphatic imine (C=N–C) groups is 1. The van der Waals surface area contributed by atoms with Crippen molar-refractivity contribution in [3.05, 3.63) is 142 Å². The highest BCUT2D eigenvalue weighted by molar-refractivity contribution is 6.06. The van der Waals surface area contributed by atoms with Gasteiger partial charge in [0.15, 0.2) is 0 Å². The molecule has 0 radical (unpaired) electrons. The standard InChI is InChI=1S/C39H40N4O6/c1-28-34(38(45)48-2)35(29-14-16-33(17-15-29)43(46)47)37(36(40-28)30-18-25-49-26-30)42(27-44)22-9-21-41-23-19-39(20-24-41,31-10-5-3-6-11-31)32-12-7-4-8-13-32/h3-8,10-18,25-27,34-35H,9,19-24H2,1-2H3. The predicted molar refractivity (Wildman–Crippen MR) is 187 cm³/mol. The maximum atomic E-state index is 13.3. The number of esters is 1. The molecule has 3 heterocycles. The van der Waals surface area contributed by atoms with Gasteiger partial charge in [0.1, 0.15) is 5.92 Å². The van der Waals surface area contributed by atoms with Gasteiger partial charge in [-0.15, -0.1) is 0 Å². The second kappa shape index (κ2) is 14.8. The zero-order valence-corrected chi connectivity index (χ0v) is 27.7. The first kappa shape index (κ1) is 33.5. The summed E-state index contributed by atoms with van der Waals surface area (Å²) in [5, 5.41) is 11.4. The van der Waals surface area contributed by atoms with E-state index in [1.165, 1.54) is 36.6 Å². The molecule has 2 aliphatic heterocycles. The van der Waals surface area contributed by atoms with Gasteiger partial charge < -0.3 is 19.0 Å². The smallest absolute Gasteiger partial charge is 0.315 e. The van der Waals surface area contributed by atoms with E-state index in [-0.39, 0.29) is 11.1 Å². The molecular weight excluding hydrogens is 620 g/mol. The van der Waals surface area contributed by atoms with Gasteiger partial charge >= 0.3 is 5.97 Å². The van der Waals surface area contributed by atoms with Gasteiger partial charge in [0.2, 0.25) is 6.41 Å². The first-order chi connectivity index (χ1) is 23.9. The molecule has 1 aromatic heterocycles. The van der Waals surface area contributed by atoms with Gasteiger partial charge in [0.05, 0.1) is 36.0 Å². The summed E-state index contributed by atoms with van der Waals surface area (Å²) < 4.78 is 10.6. The average Bonchev–Trinajstić information content (AvgIpc) is 3.69. The van der Waals surface area contributed by atoms with Gasteiger partial charge in [-0.1, -0.05) is 72.8 Å². The third kappa shape index (κ3) is 6.82. The van der Waals surface area contributed by atoms with E-state index in [1.54, 1.807) is 36.3 Å². The molecule has 1 fully saturated rings. The Labute approximate surface area is 285 Å². The Bertz CT molecular complexity index is 1770. The minimum absolute atomic E-state index is 0.0585. The minimum atomic E-state index is -0.842. The number of methoxy groups -OCH3 is 1. The second-order valence-electron chi connectivity index (χ2n) is 12.6. The topological polar surface area (TPSA) is 118 Å². The van der Waals surface area contributed by atoms with Crippen molar-refractivity contribution in [1.29, 1.82) is 0 Å². The van der Waals surface area contributed by atoms with Crippen LogP contribution in [0.15, 0.2) is 119 Å². The summed E-state index contributed by atoms with van der Waals surface area (Å²) in [6.07, 6.45) is 6.51. The summed E-state index contributed by atoms with van der Waals surface area (Å²) in [6.45, 7) is 4.73. The van der Waals surface area contributed by atoms with Crippen LogP contribution in [0, 0.1) is 16.0 Å². The van der Waals surface area contributed by atoms with Crippen molar-refractivity contribution in [3.63, 3.8) is 0 Å². The van der Waals surface area contributed by atoms with Crippen molar-refractivity contribution in [2.75, 3.05) is 33.3 Å². The van der Waals surface area contributed by atoms with Crippen molar-refractivity contribution in [1.82, 2.24) is 9.80 Å². The van der Waals surface area contributed by atoms with Crippen molar-refractivity contribution in [3.8, 4) is 0 Å². The normalized spacial score (nSPS) is 19.2. The number of non-ortho nitro benzene ring substituents is 1. The number of allylic oxidation sites excluding steroid dienone is 1.